The fraction of sp³-hybridized carbons (Fsp3) is 0.778. The maximum atomic E-state index is 14.5. The summed E-state index contributed by atoms with van der Waals surface area (Å²) in [6.45, 7) is 11.6. The molecular formula is C27H42ClFN4O2. The lowest BCUT2D eigenvalue weighted by Crippen LogP contribution is -2.54. The van der Waals surface area contributed by atoms with Gasteiger partial charge in [0.25, 0.3) is 0 Å². The Morgan fingerprint density at radius 3 is 2.29 bits per heavy atom. The Labute approximate surface area is 214 Å². The van der Waals surface area contributed by atoms with Gasteiger partial charge in [-0.3, -0.25) is 4.90 Å². The molecular weight excluding hydrogens is 467 g/mol. The summed E-state index contributed by atoms with van der Waals surface area (Å²) in [4.78, 5) is 9.08. The quantitative estimate of drug-likeness (QED) is 0.614. The molecule has 0 aromatic heterocycles. The normalized spacial score (nSPS) is 29.3. The summed E-state index contributed by atoms with van der Waals surface area (Å²) in [5.74, 6) is 1.25. The Kier molecular flexibility index (Phi) is 8.09. The van der Waals surface area contributed by atoms with Crippen molar-refractivity contribution in [2.75, 3.05) is 62.3 Å². The summed E-state index contributed by atoms with van der Waals surface area (Å²) >= 11 is 6.22. The predicted octanol–water partition coefficient (Wildman–Crippen LogP) is 4.39. The number of anilines is 2. The van der Waals surface area contributed by atoms with Crippen molar-refractivity contribution in [3.8, 4) is 0 Å². The van der Waals surface area contributed by atoms with Gasteiger partial charge >= 0.3 is 0 Å². The van der Waals surface area contributed by atoms with E-state index in [9.17, 15) is 9.50 Å². The highest BCUT2D eigenvalue weighted by atomic mass is 35.5. The van der Waals surface area contributed by atoms with Crippen LogP contribution in [0.4, 0.5) is 15.8 Å². The molecule has 0 spiro atoms. The molecule has 8 heteroatoms. The lowest BCUT2D eigenvalue weighted by Gasteiger charge is -2.44. The van der Waals surface area contributed by atoms with Crippen LogP contribution in [0.15, 0.2) is 12.1 Å². The lowest BCUT2D eigenvalue weighted by atomic mass is 9.79. The van der Waals surface area contributed by atoms with E-state index in [0.29, 0.717) is 12.6 Å². The number of rotatable bonds is 6. The second-order valence-corrected chi connectivity index (χ2v) is 11.6. The molecule has 3 fully saturated rings. The van der Waals surface area contributed by atoms with Crippen LogP contribution < -0.4 is 9.80 Å². The molecule has 1 N–H and O–H groups in total. The number of nitrogens with zero attached hydrogens (tertiary/aromatic N) is 4. The van der Waals surface area contributed by atoms with Crippen LogP contribution in [0.5, 0.6) is 0 Å². The molecule has 2 saturated heterocycles. The van der Waals surface area contributed by atoms with Crippen molar-refractivity contribution in [3.63, 3.8) is 0 Å². The highest BCUT2D eigenvalue weighted by molar-refractivity contribution is 6.31. The van der Waals surface area contributed by atoms with Gasteiger partial charge in [0.05, 0.1) is 29.6 Å². The van der Waals surface area contributed by atoms with Gasteiger partial charge in [-0.2, -0.15) is 0 Å². The van der Waals surface area contributed by atoms with E-state index < -0.39 is 12.2 Å². The van der Waals surface area contributed by atoms with E-state index in [1.54, 1.807) is 6.07 Å². The SMILES string of the molecule is CC(C)[C@H]1CC[C@@H](N2CCC(N3c4cc(Cl)c(F)cc4N(CCN4CCOCC4)C3O)CC2)CC1. The van der Waals surface area contributed by atoms with Crippen molar-refractivity contribution in [1.82, 2.24) is 9.80 Å². The standard InChI is InChI=1S/C27H42ClFN4O2/c1-19(2)20-3-5-21(6-4-20)31-9-7-22(8-10-31)33-26-17-23(28)24(29)18-25(26)32(27(33)34)12-11-30-13-15-35-16-14-30/h17-22,27,34H,3-16H2,1-2H3/t20-,21+,27?. The van der Waals surface area contributed by atoms with Crippen molar-refractivity contribution in [2.24, 2.45) is 11.8 Å². The molecule has 0 radical (unpaired) electrons. The Morgan fingerprint density at radius 2 is 1.63 bits per heavy atom. The molecule has 6 nitrogen and oxygen atoms in total. The predicted molar refractivity (Wildman–Crippen MR) is 140 cm³/mol. The summed E-state index contributed by atoms with van der Waals surface area (Å²) in [6, 6.07) is 4.14. The van der Waals surface area contributed by atoms with Crippen LogP contribution in [0.2, 0.25) is 5.02 Å². The molecule has 1 aromatic carbocycles. The largest absolute Gasteiger partial charge is 0.379 e. The highest BCUT2D eigenvalue weighted by Crippen LogP contribution is 2.44. The zero-order chi connectivity index (χ0) is 24.5. The molecule has 0 bridgehead atoms. The van der Waals surface area contributed by atoms with Gasteiger partial charge in [0.15, 0.2) is 0 Å². The molecule has 1 atom stereocenters. The maximum Gasteiger partial charge on any atom is 0.208 e. The second kappa shape index (κ2) is 11.1. The van der Waals surface area contributed by atoms with Gasteiger partial charge in [-0.15, -0.1) is 0 Å². The number of benzene rings is 1. The molecule has 5 rings (SSSR count). The minimum Gasteiger partial charge on any atom is -0.379 e. The van der Waals surface area contributed by atoms with E-state index in [1.165, 1.54) is 31.7 Å². The molecule has 35 heavy (non-hydrogen) atoms. The van der Waals surface area contributed by atoms with Crippen LogP contribution in [-0.4, -0.2) is 85.8 Å². The third kappa shape index (κ3) is 5.45. The minimum absolute atomic E-state index is 0.121. The third-order valence-electron chi connectivity index (χ3n) is 8.99. The topological polar surface area (TPSA) is 42.4 Å². The van der Waals surface area contributed by atoms with Gasteiger partial charge in [-0.05, 0) is 56.4 Å². The van der Waals surface area contributed by atoms with Crippen molar-refractivity contribution in [1.29, 1.82) is 0 Å². The van der Waals surface area contributed by atoms with Crippen LogP contribution in [0.1, 0.15) is 52.4 Å². The molecule has 1 saturated carbocycles. The first kappa shape index (κ1) is 25.5. The fourth-order valence-corrected chi connectivity index (χ4v) is 6.88. The number of aliphatic hydroxyl groups is 1. The zero-order valence-corrected chi connectivity index (χ0v) is 22.1. The van der Waals surface area contributed by atoms with Crippen LogP contribution in [0, 0.1) is 17.7 Å². The third-order valence-corrected chi connectivity index (χ3v) is 9.28. The number of fused-ring (bicyclic) bond motifs is 1. The number of halogens is 2. The number of ether oxygens (including phenoxy) is 1. The smallest absolute Gasteiger partial charge is 0.208 e. The Balaban J connectivity index is 1.24. The first-order chi connectivity index (χ1) is 16.9. The second-order valence-electron chi connectivity index (χ2n) is 11.2. The van der Waals surface area contributed by atoms with Gasteiger partial charge in [-0.25, -0.2) is 4.39 Å². The fourth-order valence-electron chi connectivity index (χ4n) is 6.72. The van der Waals surface area contributed by atoms with E-state index in [0.717, 1.165) is 82.0 Å². The number of likely N-dealkylation sites (tertiary alicyclic amines) is 1. The van der Waals surface area contributed by atoms with Gasteiger partial charge in [0.1, 0.15) is 5.82 Å². The van der Waals surface area contributed by atoms with Crippen LogP contribution in [-0.2, 0) is 4.74 Å². The molecule has 1 unspecified atom stereocenters. The van der Waals surface area contributed by atoms with Gasteiger partial charge in [0.2, 0.25) is 6.35 Å². The summed E-state index contributed by atoms with van der Waals surface area (Å²) < 4.78 is 19.9. The summed E-state index contributed by atoms with van der Waals surface area (Å²) in [5.41, 5.74) is 1.61. The summed E-state index contributed by atoms with van der Waals surface area (Å²) in [7, 11) is 0. The average Bonchev–Trinajstić information content (AvgIpc) is 3.13. The van der Waals surface area contributed by atoms with E-state index >= 15 is 0 Å². The molecule has 196 valence electrons. The number of morpholine rings is 1. The minimum atomic E-state index is -0.790. The lowest BCUT2D eigenvalue weighted by molar-refractivity contribution is 0.0376. The number of aliphatic hydroxyl groups excluding tert-OH is 1. The van der Waals surface area contributed by atoms with E-state index in [1.807, 2.05) is 4.90 Å². The van der Waals surface area contributed by atoms with E-state index in [2.05, 4.69) is 28.5 Å². The molecule has 0 amide bonds. The number of hydrogen-bond acceptors (Lipinski definition) is 6. The maximum absolute atomic E-state index is 14.5. The van der Waals surface area contributed by atoms with Crippen molar-refractivity contribution in [2.45, 2.75) is 70.8 Å². The van der Waals surface area contributed by atoms with Crippen molar-refractivity contribution >= 4 is 23.0 Å². The van der Waals surface area contributed by atoms with E-state index in [-0.39, 0.29) is 11.1 Å². The number of piperidine rings is 1. The van der Waals surface area contributed by atoms with Gasteiger partial charge < -0.3 is 24.5 Å². The number of hydrogen-bond donors (Lipinski definition) is 1. The molecule has 3 aliphatic heterocycles. The molecule has 1 aliphatic carbocycles. The Bertz CT molecular complexity index is 852. The average molecular weight is 509 g/mol. The van der Waals surface area contributed by atoms with Crippen molar-refractivity contribution < 1.29 is 14.2 Å². The summed E-state index contributed by atoms with van der Waals surface area (Å²) in [6.07, 6.45) is 6.55. The Morgan fingerprint density at radius 1 is 0.943 bits per heavy atom. The Hall–Kier alpha value is -1.12. The first-order valence-electron chi connectivity index (χ1n) is 13.7. The summed E-state index contributed by atoms with van der Waals surface area (Å²) in [5, 5.41) is 11.6. The van der Waals surface area contributed by atoms with Crippen LogP contribution in [0.25, 0.3) is 0 Å². The zero-order valence-electron chi connectivity index (χ0n) is 21.3. The molecule has 3 heterocycles. The monoisotopic (exact) mass is 508 g/mol. The van der Waals surface area contributed by atoms with Gasteiger partial charge in [0, 0.05) is 57.4 Å². The van der Waals surface area contributed by atoms with Crippen LogP contribution in [0.3, 0.4) is 0 Å². The molecule has 1 aromatic rings. The molecule has 4 aliphatic rings. The highest BCUT2D eigenvalue weighted by Gasteiger charge is 2.41. The van der Waals surface area contributed by atoms with Crippen LogP contribution >= 0.6 is 11.6 Å². The van der Waals surface area contributed by atoms with E-state index in [4.69, 9.17) is 16.3 Å². The van der Waals surface area contributed by atoms with Crippen molar-refractivity contribution in [3.05, 3.63) is 23.0 Å². The first-order valence-corrected chi connectivity index (χ1v) is 14.1. The van der Waals surface area contributed by atoms with Gasteiger partial charge in [-0.1, -0.05) is 25.4 Å².